The molecule has 0 saturated heterocycles. The summed E-state index contributed by atoms with van der Waals surface area (Å²) in [6.07, 6.45) is 0. The minimum absolute atomic E-state index is 0.0275. The Labute approximate surface area is 202 Å². The Kier molecular flexibility index (Phi) is 7.40. The van der Waals surface area contributed by atoms with Crippen molar-refractivity contribution in [1.82, 2.24) is 0 Å². The van der Waals surface area contributed by atoms with Crippen molar-refractivity contribution in [3.63, 3.8) is 0 Å². The number of halogens is 1. The Balaban J connectivity index is 1.56. The topological polar surface area (TPSA) is 58.2 Å². The molecular formula is C28H23FN2O2S. The molecule has 4 nitrogen and oxygen atoms in total. The average Bonchev–Trinajstić information content (AvgIpc) is 2.85. The lowest BCUT2D eigenvalue weighted by Gasteiger charge is -2.18. The van der Waals surface area contributed by atoms with Crippen molar-refractivity contribution in [3.8, 4) is 0 Å². The number of benzene rings is 4. The lowest BCUT2D eigenvalue weighted by molar-refractivity contribution is -0.115. The second-order valence-electron chi connectivity index (χ2n) is 7.67. The number of aryl methyl sites for hydroxylation is 1. The third kappa shape index (κ3) is 5.71. The van der Waals surface area contributed by atoms with Gasteiger partial charge in [-0.2, -0.15) is 0 Å². The summed E-state index contributed by atoms with van der Waals surface area (Å²) in [5, 5.41) is 5.25. The van der Waals surface area contributed by atoms with E-state index in [-0.39, 0.29) is 11.5 Å². The quantitative estimate of drug-likeness (QED) is 0.290. The molecule has 1 unspecified atom stereocenters. The van der Waals surface area contributed by atoms with Gasteiger partial charge in [-0.1, -0.05) is 66.7 Å². The molecule has 0 aliphatic carbocycles. The fraction of sp³-hybridized carbons (Fsp3) is 0.0714. The Hall–Kier alpha value is -3.90. The molecule has 4 aromatic rings. The highest BCUT2D eigenvalue weighted by Gasteiger charge is 2.23. The Morgan fingerprint density at radius 1 is 0.794 bits per heavy atom. The molecule has 1 atom stereocenters. The standard InChI is InChI=1S/C28H23FN2O2S/c1-19-10-5-8-17-25(19)31-28(33)26(20-11-3-2-4-12-20)34-22-14-9-13-21(18-22)30-27(32)23-15-6-7-16-24(23)29/h2-18,26H,1H3,(H,30,32)(H,31,33). The number of anilines is 2. The average molecular weight is 471 g/mol. The summed E-state index contributed by atoms with van der Waals surface area (Å²) in [5.74, 6) is -1.26. The molecule has 0 aromatic heterocycles. The molecular weight excluding hydrogens is 447 g/mol. The van der Waals surface area contributed by atoms with Crippen LogP contribution in [0.2, 0.25) is 0 Å². The number of thioether (sulfide) groups is 1. The molecule has 0 saturated carbocycles. The number of carbonyl (C=O) groups excluding carboxylic acids is 2. The van der Waals surface area contributed by atoms with Gasteiger partial charge in [0, 0.05) is 16.3 Å². The predicted octanol–water partition coefficient (Wildman–Crippen LogP) is 6.86. The van der Waals surface area contributed by atoms with E-state index in [0.717, 1.165) is 21.7 Å². The third-order valence-corrected chi connectivity index (χ3v) is 6.46. The number of hydrogen-bond acceptors (Lipinski definition) is 3. The highest BCUT2D eigenvalue weighted by atomic mass is 32.2. The van der Waals surface area contributed by atoms with Crippen LogP contribution in [0.15, 0.2) is 108 Å². The van der Waals surface area contributed by atoms with Crippen LogP contribution in [-0.4, -0.2) is 11.8 Å². The van der Waals surface area contributed by atoms with Gasteiger partial charge in [-0.3, -0.25) is 9.59 Å². The zero-order valence-corrected chi connectivity index (χ0v) is 19.3. The van der Waals surface area contributed by atoms with Gasteiger partial charge in [-0.05, 0) is 54.4 Å². The first-order chi connectivity index (χ1) is 16.5. The summed E-state index contributed by atoms with van der Waals surface area (Å²) in [6, 6.07) is 30.2. The van der Waals surface area contributed by atoms with Crippen molar-refractivity contribution in [2.75, 3.05) is 10.6 Å². The number of hydrogen-bond donors (Lipinski definition) is 2. The second-order valence-corrected chi connectivity index (χ2v) is 8.85. The first kappa shape index (κ1) is 23.3. The van der Waals surface area contributed by atoms with Crippen molar-refractivity contribution in [2.45, 2.75) is 17.1 Å². The lowest BCUT2D eigenvalue weighted by Crippen LogP contribution is -2.19. The fourth-order valence-electron chi connectivity index (χ4n) is 3.44. The van der Waals surface area contributed by atoms with Crippen LogP contribution >= 0.6 is 11.8 Å². The molecule has 0 fully saturated rings. The third-order valence-electron chi connectivity index (χ3n) is 5.21. The van der Waals surface area contributed by atoms with E-state index in [1.54, 1.807) is 24.3 Å². The summed E-state index contributed by atoms with van der Waals surface area (Å²) in [7, 11) is 0. The zero-order chi connectivity index (χ0) is 23.9. The van der Waals surface area contributed by atoms with Gasteiger partial charge >= 0.3 is 0 Å². The van der Waals surface area contributed by atoms with E-state index in [1.165, 1.54) is 30.0 Å². The number of nitrogens with one attached hydrogen (secondary N) is 2. The monoisotopic (exact) mass is 470 g/mol. The molecule has 34 heavy (non-hydrogen) atoms. The summed E-state index contributed by atoms with van der Waals surface area (Å²) < 4.78 is 14.0. The molecule has 170 valence electrons. The summed E-state index contributed by atoms with van der Waals surface area (Å²) >= 11 is 1.38. The van der Waals surface area contributed by atoms with Crippen molar-refractivity contribution >= 4 is 35.0 Å². The van der Waals surface area contributed by atoms with Crippen molar-refractivity contribution in [2.24, 2.45) is 0 Å². The van der Waals surface area contributed by atoms with E-state index >= 15 is 0 Å². The fourth-order valence-corrected chi connectivity index (χ4v) is 4.52. The van der Waals surface area contributed by atoms with E-state index < -0.39 is 17.0 Å². The highest BCUT2D eigenvalue weighted by Crippen LogP contribution is 2.37. The largest absolute Gasteiger partial charge is 0.325 e. The van der Waals surface area contributed by atoms with Crippen LogP contribution in [0, 0.1) is 12.7 Å². The van der Waals surface area contributed by atoms with Gasteiger partial charge in [0.1, 0.15) is 11.1 Å². The summed E-state index contributed by atoms with van der Waals surface area (Å²) in [6.45, 7) is 1.95. The molecule has 6 heteroatoms. The van der Waals surface area contributed by atoms with E-state index in [4.69, 9.17) is 0 Å². The van der Waals surface area contributed by atoms with E-state index in [9.17, 15) is 14.0 Å². The van der Waals surface area contributed by atoms with Gasteiger partial charge in [-0.25, -0.2) is 4.39 Å². The second kappa shape index (κ2) is 10.8. The van der Waals surface area contributed by atoms with Gasteiger partial charge in [0.2, 0.25) is 5.91 Å². The molecule has 0 spiro atoms. The minimum atomic E-state index is -0.581. The predicted molar refractivity (Wildman–Crippen MR) is 136 cm³/mol. The van der Waals surface area contributed by atoms with Crippen LogP contribution in [0.3, 0.4) is 0 Å². The van der Waals surface area contributed by atoms with Crippen molar-refractivity contribution in [3.05, 3.63) is 126 Å². The van der Waals surface area contributed by atoms with E-state index in [1.807, 2.05) is 67.6 Å². The Bertz CT molecular complexity index is 1310. The molecule has 0 heterocycles. The SMILES string of the molecule is Cc1ccccc1NC(=O)C(Sc1cccc(NC(=O)c2ccccc2F)c1)c1ccccc1. The molecule has 4 rings (SSSR count). The van der Waals surface area contributed by atoms with Gasteiger partial charge in [-0.15, -0.1) is 11.8 Å². The molecule has 0 aliphatic rings. The summed E-state index contributed by atoms with van der Waals surface area (Å²) in [4.78, 5) is 26.6. The number of amides is 2. The molecule has 0 bridgehead atoms. The van der Waals surface area contributed by atoms with Gasteiger partial charge < -0.3 is 10.6 Å². The Morgan fingerprint density at radius 2 is 1.50 bits per heavy atom. The molecule has 2 N–H and O–H groups in total. The molecule has 4 aromatic carbocycles. The smallest absolute Gasteiger partial charge is 0.258 e. The molecule has 2 amide bonds. The van der Waals surface area contributed by atoms with Crippen LogP contribution in [0.1, 0.15) is 26.7 Å². The van der Waals surface area contributed by atoms with E-state index in [2.05, 4.69) is 10.6 Å². The maximum Gasteiger partial charge on any atom is 0.258 e. The summed E-state index contributed by atoms with van der Waals surface area (Å²) in [5.41, 5.74) is 3.09. The maximum absolute atomic E-state index is 14.0. The molecule has 0 aliphatic heterocycles. The van der Waals surface area contributed by atoms with Crippen LogP contribution in [0.25, 0.3) is 0 Å². The normalized spacial score (nSPS) is 11.5. The van der Waals surface area contributed by atoms with Crippen LogP contribution in [0.5, 0.6) is 0 Å². The Morgan fingerprint density at radius 3 is 2.26 bits per heavy atom. The minimum Gasteiger partial charge on any atom is -0.325 e. The highest BCUT2D eigenvalue weighted by molar-refractivity contribution is 8.00. The number of rotatable bonds is 7. The number of para-hydroxylation sites is 1. The van der Waals surface area contributed by atoms with Crippen molar-refractivity contribution in [1.29, 1.82) is 0 Å². The van der Waals surface area contributed by atoms with Crippen LogP contribution in [0.4, 0.5) is 15.8 Å². The van der Waals surface area contributed by atoms with Crippen LogP contribution in [-0.2, 0) is 4.79 Å². The lowest BCUT2D eigenvalue weighted by atomic mass is 10.1. The van der Waals surface area contributed by atoms with Crippen LogP contribution < -0.4 is 10.6 Å². The van der Waals surface area contributed by atoms with Gasteiger partial charge in [0.15, 0.2) is 0 Å². The maximum atomic E-state index is 14.0. The van der Waals surface area contributed by atoms with Gasteiger partial charge in [0.05, 0.1) is 5.56 Å². The van der Waals surface area contributed by atoms with Gasteiger partial charge in [0.25, 0.3) is 5.91 Å². The zero-order valence-electron chi connectivity index (χ0n) is 18.5. The molecule has 0 radical (unpaired) electrons. The van der Waals surface area contributed by atoms with Crippen molar-refractivity contribution < 1.29 is 14.0 Å². The number of carbonyl (C=O) groups is 2. The first-order valence-corrected chi connectivity index (χ1v) is 11.6. The van der Waals surface area contributed by atoms with E-state index in [0.29, 0.717) is 5.69 Å². The first-order valence-electron chi connectivity index (χ1n) is 10.8.